The lowest BCUT2D eigenvalue weighted by Gasteiger charge is -2.01. The van der Waals surface area contributed by atoms with Gasteiger partial charge in [-0.3, -0.25) is 4.99 Å². The number of aliphatic hydroxyl groups is 1. The highest BCUT2D eigenvalue weighted by Gasteiger charge is 2.05. The number of aliphatic hydroxyl groups excluding tert-OH is 1. The van der Waals surface area contributed by atoms with E-state index in [-0.39, 0.29) is 16.6 Å². The standard InChI is InChI=1S/C8H7ClN2O/c1-5(12)8-6(10-2)3-4-7(9)11-8/h3-4,12H,1-2H2. The Morgan fingerprint density at radius 1 is 1.58 bits per heavy atom. The zero-order valence-electron chi connectivity index (χ0n) is 6.29. The van der Waals surface area contributed by atoms with Crippen LogP contribution in [0.4, 0.5) is 5.69 Å². The Morgan fingerprint density at radius 2 is 2.25 bits per heavy atom. The van der Waals surface area contributed by atoms with Crippen molar-refractivity contribution in [2.75, 3.05) is 0 Å². The van der Waals surface area contributed by atoms with Gasteiger partial charge in [0.2, 0.25) is 0 Å². The number of rotatable bonds is 2. The Bertz CT molecular complexity index is 336. The highest BCUT2D eigenvalue weighted by Crippen LogP contribution is 2.23. The maximum Gasteiger partial charge on any atom is 0.136 e. The summed E-state index contributed by atoms with van der Waals surface area (Å²) in [5.74, 6) is -0.167. The van der Waals surface area contributed by atoms with Crippen LogP contribution in [0.15, 0.2) is 23.7 Å². The number of hydrogen-bond acceptors (Lipinski definition) is 3. The van der Waals surface area contributed by atoms with E-state index >= 15 is 0 Å². The van der Waals surface area contributed by atoms with E-state index in [0.29, 0.717) is 5.69 Å². The summed E-state index contributed by atoms with van der Waals surface area (Å²) < 4.78 is 0. The molecule has 0 aliphatic rings. The average Bonchev–Trinajstić information content (AvgIpc) is 2.04. The third kappa shape index (κ3) is 1.62. The molecule has 0 aliphatic heterocycles. The minimum atomic E-state index is -0.167. The molecule has 62 valence electrons. The molecule has 1 aromatic heterocycles. The van der Waals surface area contributed by atoms with Crippen molar-refractivity contribution in [2.24, 2.45) is 4.99 Å². The van der Waals surface area contributed by atoms with Crippen molar-refractivity contribution in [2.45, 2.75) is 0 Å². The first-order valence-corrected chi connectivity index (χ1v) is 3.54. The monoisotopic (exact) mass is 182 g/mol. The minimum absolute atomic E-state index is 0.167. The van der Waals surface area contributed by atoms with Gasteiger partial charge in [-0.05, 0) is 18.9 Å². The number of hydrogen-bond donors (Lipinski definition) is 1. The van der Waals surface area contributed by atoms with E-state index in [2.05, 4.69) is 23.3 Å². The van der Waals surface area contributed by atoms with Crippen LogP contribution in [0.3, 0.4) is 0 Å². The van der Waals surface area contributed by atoms with E-state index in [4.69, 9.17) is 16.7 Å². The lowest BCUT2D eigenvalue weighted by Crippen LogP contribution is -1.87. The summed E-state index contributed by atoms with van der Waals surface area (Å²) in [6.45, 7) is 6.64. The smallest absolute Gasteiger partial charge is 0.136 e. The molecule has 0 bridgehead atoms. The van der Waals surface area contributed by atoms with Crippen LogP contribution in [0.5, 0.6) is 0 Å². The van der Waals surface area contributed by atoms with Crippen LogP contribution < -0.4 is 0 Å². The van der Waals surface area contributed by atoms with E-state index in [0.717, 1.165) is 0 Å². The van der Waals surface area contributed by atoms with Gasteiger partial charge in [-0.25, -0.2) is 4.98 Å². The van der Waals surface area contributed by atoms with Gasteiger partial charge in [0, 0.05) is 0 Å². The normalized spacial score (nSPS) is 9.42. The van der Waals surface area contributed by atoms with Crippen LogP contribution in [-0.4, -0.2) is 16.8 Å². The fourth-order valence-electron chi connectivity index (χ4n) is 0.768. The molecule has 0 unspecified atom stereocenters. The second kappa shape index (κ2) is 3.36. The molecule has 0 aliphatic carbocycles. The van der Waals surface area contributed by atoms with E-state index in [1.54, 1.807) is 12.1 Å². The van der Waals surface area contributed by atoms with Crippen LogP contribution in [0, 0.1) is 0 Å². The van der Waals surface area contributed by atoms with Gasteiger partial charge in [-0.15, -0.1) is 0 Å². The van der Waals surface area contributed by atoms with Crippen molar-refractivity contribution in [3.8, 4) is 0 Å². The summed E-state index contributed by atoms with van der Waals surface area (Å²) in [6, 6.07) is 3.18. The lowest BCUT2D eigenvalue weighted by molar-refractivity contribution is 0.511. The van der Waals surface area contributed by atoms with Crippen LogP contribution in [0.2, 0.25) is 5.15 Å². The van der Waals surface area contributed by atoms with Gasteiger partial charge in [0.25, 0.3) is 0 Å². The highest BCUT2D eigenvalue weighted by atomic mass is 35.5. The molecule has 0 spiro atoms. The predicted molar refractivity (Wildman–Crippen MR) is 50.1 cm³/mol. The van der Waals surface area contributed by atoms with Crippen LogP contribution >= 0.6 is 11.6 Å². The summed E-state index contributed by atoms with van der Waals surface area (Å²) in [5.41, 5.74) is 0.726. The first-order valence-electron chi connectivity index (χ1n) is 3.16. The Labute approximate surface area is 75.0 Å². The van der Waals surface area contributed by atoms with Crippen LogP contribution in [0.1, 0.15) is 5.69 Å². The number of aliphatic imine (C=N–C) groups is 1. The highest BCUT2D eigenvalue weighted by molar-refractivity contribution is 6.29. The predicted octanol–water partition coefficient (Wildman–Crippen LogP) is 2.60. The maximum absolute atomic E-state index is 9.06. The van der Waals surface area contributed by atoms with E-state index < -0.39 is 0 Å². The molecular formula is C8H7ClN2O. The average molecular weight is 183 g/mol. The summed E-state index contributed by atoms with van der Waals surface area (Å²) in [6.07, 6.45) is 0. The second-order valence-electron chi connectivity index (χ2n) is 2.11. The first-order chi connectivity index (χ1) is 5.65. The Morgan fingerprint density at radius 3 is 2.75 bits per heavy atom. The summed E-state index contributed by atoms with van der Waals surface area (Å²) in [5, 5.41) is 9.34. The molecule has 0 saturated heterocycles. The minimum Gasteiger partial charge on any atom is -0.506 e. The van der Waals surface area contributed by atoms with Crippen molar-refractivity contribution in [3.63, 3.8) is 0 Å². The van der Waals surface area contributed by atoms with Gasteiger partial charge >= 0.3 is 0 Å². The Balaban J connectivity index is 3.30. The molecule has 0 saturated carbocycles. The number of aromatic nitrogens is 1. The Hall–Kier alpha value is -1.35. The molecule has 1 rings (SSSR count). The fourth-order valence-corrected chi connectivity index (χ4v) is 0.915. The molecule has 1 aromatic rings. The summed E-state index contributed by atoms with van der Waals surface area (Å²) in [7, 11) is 0. The molecule has 0 amide bonds. The fraction of sp³-hybridized carbons (Fsp3) is 0. The van der Waals surface area contributed by atoms with Gasteiger partial charge in [0.15, 0.2) is 0 Å². The molecule has 1 N–H and O–H groups in total. The molecule has 1 heterocycles. The van der Waals surface area contributed by atoms with Crippen molar-refractivity contribution in [3.05, 3.63) is 29.6 Å². The first kappa shape index (κ1) is 8.74. The van der Waals surface area contributed by atoms with E-state index in [1.807, 2.05) is 0 Å². The Kier molecular flexibility index (Phi) is 2.45. The SMILES string of the molecule is C=Nc1ccc(Cl)nc1C(=C)O. The van der Waals surface area contributed by atoms with Gasteiger partial charge < -0.3 is 5.11 Å². The quantitative estimate of drug-likeness (QED) is 0.434. The molecule has 4 heteroatoms. The molecular weight excluding hydrogens is 176 g/mol. The van der Waals surface area contributed by atoms with Crippen molar-refractivity contribution >= 4 is 29.8 Å². The van der Waals surface area contributed by atoms with E-state index in [1.165, 1.54) is 0 Å². The number of halogens is 1. The number of nitrogens with zero attached hydrogens (tertiary/aromatic N) is 2. The third-order valence-electron chi connectivity index (χ3n) is 1.28. The molecule has 0 atom stereocenters. The molecule has 0 fully saturated rings. The largest absolute Gasteiger partial charge is 0.506 e. The van der Waals surface area contributed by atoms with Crippen molar-refractivity contribution in [1.29, 1.82) is 0 Å². The molecule has 12 heavy (non-hydrogen) atoms. The van der Waals surface area contributed by atoms with Crippen molar-refractivity contribution < 1.29 is 5.11 Å². The maximum atomic E-state index is 9.06. The van der Waals surface area contributed by atoms with Gasteiger partial charge in [0.05, 0.1) is 5.69 Å². The summed E-state index contributed by atoms with van der Waals surface area (Å²) in [4.78, 5) is 7.47. The zero-order valence-corrected chi connectivity index (χ0v) is 7.04. The van der Waals surface area contributed by atoms with Crippen molar-refractivity contribution in [1.82, 2.24) is 4.98 Å². The van der Waals surface area contributed by atoms with Gasteiger partial charge in [-0.2, -0.15) is 0 Å². The van der Waals surface area contributed by atoms with Gasteiger partial charge in [-0.1, -0.05) is 18.2 Å². The number of pyridine rings is 1. The molecule has 3 nitrogen and oxygen atoms in total. The van der Waals surface area contributed by atoms with E-state index in [9.17, 15) is 0 Å². The van der Waals surface area contributed by atoms with Crippen LogP contribution in [-0.2, 0) is 0 Å². The van der Waals surface area contributed by atoms with Crippen LogP contribution in [0.25, 0.3) is 5.76 Å². The third-order valence-corrected chi connectivity index (χ3v) is 1.49. The molecule has 0 aromatic carbocycles. The second-order valence-corrected chi connectivity index (χ2v) is 2.49. The lowest BCUT2D eigenvalue weighted by atomic mass is 10.3. The zero-order chi connectivity index (χ0) is 9.14. The molecule has 0 radical (unpaired) electrons. The van der Waals surface area contributed by atoms with Gasteiger partial charge in [0.1, 0.15) is 16.6 Å². The topological polar surface area (TPSA) is 45.5 Å². The summed E-state index contributed by atoms with van der Waals surface area (Å²) >= 11 is 5.59.